The van der Waals surface area contributed by atoms with E-state index in [4.69, 9.17) is 23.2 Å². The molecule has 1 atom stereocenters. The molecule has 0 aliphatic rings. The van der Waals surface area contributed by atoms with Crippen molar-refractivity contribution in [1.82, 2.24) is 9.78 Å². The van der Waals surface area contributed by atoms with Crippen LogP contribution in [-0.4, -0.2) is 9.78 Å². The van der Waals surface area contributed by atoms with Gasteiger partial charge in [0.05, 0.1) is 28.3 Å². The van der Waals surface area contributed by atoms with E-state index in [-0.39, 0.29) is 11.1 Å². The predicted molar refractivity (Wildman–Crippen MR) is 129 cm³/mol. The van der Waals surface area contributed by atoms with Crippen molar-refractivity contribution in [2.75, 3.05) is 0 Å². The highest BCUT2D eigenvalue weighted by Crippen LogP contribution is 2.41. The lowest BCUT2D eigenvalue weighted by molar-refractivity contribution is -0.137. The van der Waals surface area contributed by atoms with Crippen LogP contribution in [0, 0.1) is 12.8 Å². The summed E-state index contributed by atoms with van der Waals surface area (Å²) in [5.41, 5.74) is 3.42. The number of rotatable bonds is 5. The standard InChI is InChI=1S/C26H23Cl2F3N2/c1-15(2)12-24(17-6-4-16(3)5-7-17)33-23-11-10-20(25(28)21(23)14-32-33)19-9-8-18(13-22(19)27)26(29,30)31/h4-11,13-15,24H,12H2,1-3H3. The van der Waals surface area contributed by atoms with Gasteiger partial charge < -0.3 is 0 Å². The first-order valence-electron chi connectivity index (χ1n) is 10.7. The second-order valence-corrected chi connectivity index (χ2v) is 9.48. The monoisotopic (exact) mass is 490 g/mol. The summed E-state index contributed by atoms with van der Waals surface area (Å²) in [6, 6.07) is 15.4. The Kier molecular flexibility index (Phi) is 6.47. The molecule has 7 heteroatoms. The summed E-state index contributed by atoms with van der Waals surface area (Å²) in [6.07, 6.45) is -1.86. The summed E-state index contributed by atoms with van der Waals surface area (Å²) in [4.78, 5) is 0. The lowest BCUT2D eigenvalue weighted by Crippen LogP contribution is -2.14. The molecule has 1 unspecified atom stereocenters. The van der Waals surface area contributed by atoms with E-state index in [1.54, 1.807) is 12.3 Å². The third kappa shape index (κ3) is 4.75. The zero-order valence-electron chi connectivity index (χ0n) is 18.4. The summed E-state index contributed by atoms with van der Waals surface area (Å²) >= 11 is 13.0. The molecule has 0 saturated heterocycles. The lowest BCUT2D eigenvalue weighted by Gasteiger charge is -2.22. The number of aryl methyl sites for hydroxylation is 1. The Balaban J connectivity index is 1.80. The van der Waals surface area contributed by atoms with Crippen LogP contribution >= 0.6 is 23.2 Å². The summed E-state index contributed by atoms with van der Waals surface area (Å²) < 4.78 is 41.1. The molecule has 4 rings (SSSR count). The number of nitrogens with zero attached hydrogens (tertiary/aromatic N) is 2. The van der Waals surface area contributed by atoms with Crippen LogP contribution in [0.4, 0.5) is 13.2 Å². The fraction of sp³-hybridized carbons (Fsp3) is 0.269. The molecule has 0 aliphatic heterocycles. The van der Waals surface area contributed by atoms with Gasteiger partial charge in [-0.25, -0.2) is 0 Å². The number of halogens is 5. The van der Waals surface area contributed by atoms with Gasteiger partial charge in [-0.05, 0) is 43.0 Å². The van der Waals surface area contributed by atoms with Crippen molar-refractivity contribution in [2.24, 2.45) is 5.92 Å². The van der Waals surface area contributed by atoms with E-state index in [1.165, 1.54) is 11.6 Å². The van der Waals surface area contributed by atoms with E-state index < -0.39 is 11.7 Å². The molecular weight excluding hydrogens is 468 g/mol. The molecule has 0 saturated carbocycles. The van der Waals surface area contributed by atoms with Crippen LogP contribution < -0.4 is 0 Å². The highest BCUT2D eigenvalue weighted by molar-refractivity contribution is 6.39. The van der Waals surface area contributed by atoms with Crippen molar-refractivity contribution in [3.63, 3.8) is 0 Å². The highest BCUT2D eigenvalue weighted by atomic mass is 35.5. The van der Waals surface area contributed by atoms with E-state index in [0.717, 1.165) is 35.0 Å². The normalized spacial score (nSPS) is 13.1. The second kappa shape index (κ2) is 9.03. The van der Waals surface area contributed by atoms with E-state index in [9.17, 15) is 13.2 Å². The van der Waals surface area contributed by atoms with Gasteiger partial charge in [0.15, 0.2) is 0 Å². The van der Waals surface area contributed by atoms with Gasteiger partial charge in [0.25, 0.3) is 0 Å². The first-order chi connectivity index (χ1) is 15.6. The number of aromatic nitrogens is 2. The number of fused-ring (bicyclic) bond motifs is 1. The van der Waals surface area contributed by atoms with Crippen LogP contribution in [0.1, 0.15) is 43.0 Å². The summed E-state index contributed by atoms with van der Waals surface area (Å²) in [5.74, 6) is 0.441. The van der Waals surface area contributed by atoms with Crippen LogP contribution in [-0.2, 0) is 6.18 Å². The predicted octanol–water partition coefficient (Wildman–Crippen LogP) is 8.97. The first-order valence-corrected chi connectivity index (χ1v) is 11.4. The summed E-state index contributed by atoms with van der Waals surface area (Å²) in [5, 5.41) is 5.80. The molecule has 1 aromatic heterocycles. The molecule has 0 spiro atoms. The summed E-state index contributed by atoms with van der Waals surface area (Å²) in [7, 11) is 0. The van der Waals surface area contributed by atoms with E-state index in [1.807, 2.05) is 10.7 Å². The molecule has 1 heterocycles. The van der Waals surface area contributed by atoms with E-state index in [2.05, 4.69) is 50.1 Å². The number of alkyl halides is 3. The molecule has 0 aliphatic carbocycles. The largest absolute Gasteiger partial charge is 0.416 e. The van der Waals surface area contributed by atoms with E-state index in [0.29, 0.717) is 22.1 Å². The van der Waals surface area contributed by atoms with Crippen molar-refractivity contribution >= 4 is 34.1 Å². The maximum Gasteiger partial charge on any atom is 0.416 e. The SMILES string of the molecule is Cc1ccc(C(CC(C)C)n2ncc3c(Cl)c(-c4ccc(C(F)(F)F)cc4Cl)ccc32)cc1. The molecule has 0 amide bonds. The van der Waals surface area contributed by atoms with Crippen LogP contribution in [0.2, 0.25) is 10.0 Å². The number of hydrogen-bond donors (Lipinski definition) is 0. The van der Waals surface area contributed by atoms with Gasteiger partial charge >= 0.3 is 6.18 Å². The fourth-order valence-electron chi connectivity index (χ4n) is 4.07. The fourth-order valence-corrected chi connectivity index (χ4v) is 4.66. The van der Waals surface area contributed by atoms with Crippen LogP contribution in [0.25, 0.3) is 22.0 Å². The molecular formula is C26H23Cl2F3N2. The van der Waals surface area contributed by atoms with Crippen molar-refractivity contribution < 1.29 is 13.2 Å². The van der Waals surface area contributed by atoms with Crippen LogP contribution in [0.3, 0.4) is 0 Å². The van der Waals surface area contributed by atoms with Gasteiger partial charge in [0.1, 0.15) is 0 Å². The molecule has 4 aromatic rings. The maximum absolute atomic E-state index is 13.0. The van der Waals surface area contributed by atoms with Crippen molar-refractivity contribution in [2.45, 2.75) is 39.4 Å². The van der Waals surface area contributed by atoms with Gasteiger partial charge in [-0.1, -0.05) is 79.0 Å². The molecule has 0 fully saturated rings. The van der Waals surface area contributed by atoms with Crippen molar-refractivity contribution in [3.8, 4) is 11.1 Å². The maximum atomic E-state index is 13.0. The van der Waals surface area contributed by atoms with Crippen LogP contribution in [0.5, 0.6) is 0 Å². The molecule has 172 valence electrons. The van der Waals surface area contributed by atoms with E-state index >= 15 is 0 Å². The number of hydrogen-bond acceptors (Lipinski definition) is 1. The minimum absolute atomic E-state index is 0.00388. The zero-order valence-corrected chi connectivity index (χ0v) is 19.9. The first kappa shape index (κ1) is 23.7. The van der Waals surface area contributed by atoms with Gasteiger partial charge in [-0.2, -0.15) is 18.3 Å². The third-order valence-electron chi connectivity index (χ3n) is 5.75. The Labute approximate surface area is 200 Å². The topological polar surface area (TPSA) is 17.8 Å². The molecule has 2 nitrogen and oxygen atoms in total. The van der Waals surface area contributed by atoms with Crippen molar-refractivity contribution in [3.05, 3.63) is 87.5 Å². The Morgan fingerprint density at radius 3 is 2.21 bits per heavy atom. The van der Waals surface area contributed by atoms with Gasteiger partial charge in [0.2, 0.25) is 0 Å². The molecule has 0 bridgehead atoms. The highest BCUT2D eigenvalue weighted by Gasteiger charge is 2.31. The Bertz CT molecular complexity index is 1290. The second-order valence-electron chi connectivity index (χ2n) is 8.70. The quantitative estimate of drug-likeness (QED) is 0.272. The van der Waals surface area contributed by atoms with Crippen LogP contribution in [0.15, 0.2) is 60.8 Å². The molecule has 0 N–H and O–H groups in total. The average molecular weight is 491 g/mol. The third-order valence-corrected chi connectivity index (χ3v) is 6.47. The van der Waals surface area contributed by atoms with Gasteiger partial charge in [-0.3, -0.25) is 4.68 Å². The van der Waals surface area contributed by atoms with Gasteiger partial charge in [0, 0.05) is 21.5 Å². The summed E-state index contributed by atoms with van der Waals surface area (Å²) in [6.45, 7) is 6.40. The molecule has 3 aromatic carbocycles. The molecule has 33 heavy (non-hydrogen) atoms. The average Bonchev–Trinajstić information content (AvgIpc) is 3.17. The zero-order chi connectivity index (χ0) is 23.9. The number of benzene rings is 3. The minimum atomic E-state index is -4.46. The Morgan fingerprint density at radius 1 is 0.939 bits per heavy atom. The lowest BCUT2D eigenvalue weighted by atomic mass is 9.96. The van der Waals surface area contributed by atoms with Gasteiger partial charge in [-0.15, -0.1) is 0 Å². The molecule has 0 radical (unpaired) electrons. The van der Waals surface area contributed by atoms with Crippen molar-refractivity contribution in [1.29, 1.82) is 0 Å². The minimum Gasteiger partial charge on any atom is -0.257 e. The Morgan fingerprint density at radius 2 is 1.61 bits per heavy atom. The Hall–Kier alpha value is -2.50. The smallest absolute Gasteiger partial charge is 0.257 e.